The topological polar surface area (TPSA) is 74.1 Å². The highest BCUT2D eigenvalue weighted by atomic mass is 35.5. The van der Waals surface area contributed by atoms with Gasteiger partial charge in [0.05, 0.1) is 33.8 Å². The largest absolute Gasteiger partial charge is 0.872 e. The van der Waals surface area contributed by atoms with E-state index in [0.717, 1.165) is 12.1 Å². The van der Waals surface area contributed by atoms with Crippen LogP contribution in [0.1, 0.15) is 29.2 Å². The molecule has 6 nitrogen and oxygen atoms in total. The summed E-state index contributed by atoms with van der Waals surface area (Å²) in [5.41, 5.74) is 1.80. The first-order chi connectivity index (χ1) is 14.7. The standard InChI is InChI=1S/C24H27ClN2O4/c1-15-14-17(8-11-19(15)31-4)22(28)20-21(16-6-9-18(25)10-7-16)27(24(30)23(20)29)13-5-12-26(2)3/h6-11,14,21,28H,5,12-13H2,1-4H3. The maximum absolute atomic E-state index is 13.4. The Bertz CT molecular complexity index is 1010. The molecule has 3 rings (SSSR count). The van der Waals surface area contributed by atoms with E-state index in [4.69, 9.17) is 16.3 Å². The Kier molecular flexibility index (Phi) is 7.03. The van der Waals surface area contributed by atoms with Crippen LogP contribution in [0.2, 0.25) is 5.02 Å². The maximum atomic E-state index is 13.4. The van der Waals surface area contributed by atoms with E-state index in [1.165, 1.54) is 9.80 Å². The van der Waals surface area contributed by atoms with Crippen molar-refractivity contribution in [3.8, 4) is 5.75 Å². The second kappa shape index (κ2) is 9.54. The minimum Gasteiger partial charge on any atom is -0.872 e. The van der Waals surface area contributed by atoms with Crippen LogP contribution < -0.4 is 14.7 Å². The van der Waals surface area contributed by atoms with Gasteiger partial charge >= 0.3 is 0 Å². The van der Waals surface area contributed by atoms with Crippen LogP contribution in [-0.2, 0) is 9.59 Å². The molecule has 1 fully saturated rings. The van der Waals surface area contributed by atoms with Crippen molar-refractivity contribution in [3.63, 3.8) is 0 Å². The minimum absolute atomic E-state index is 0.0194. The average molecular weight is 443 g/mol. The third-order valence-electron chi connectivity index (χ3n) is 5.45. The number of hydrogen-bond acceptors (Lipinski definition) is 4. The Morgan fingerprint density at radius 1 is 1.16 bits per heavy atom. The number of hydrogen-bond donors (Lipinski definition) is 1. The van der Waals surface area contributed by atoms with Crippen LogP contribution in [0.3, 0.4) is 0 Å². The number of quaternary nitrogens is 1. The van der Waals surface area contributed by atoms with Gasteiger partial charge in [0.15, 0.2) is 0 Å². The lowest BCUT2D eigenvalue weighted by Crippen LogP contribution is -3.05. The van der Waals surface area contributed by atoms with Gasteiger partial charge in [-0.25, -0.2) is 0 Å². The summed E-state index contributed by atoms with van der Waals surface area (Å²) in [5.74, 6) is -1.17. The van der Waals surface area contributed by atoms with Crippen LogP contribution in [0.15, 0.2) is 48.0 Å². The lowest BCUT2D eigenvalue weighted by atomic mass is 9.94. The lowest BCUT2D eigenvalue weighted by molar-refractivity contribution is -0.858. The van der Waals surface area contributed by atoms with Gasteiger partial charge in [-0.2, -0.15) is 0 Å². The van der Waals surface area contributed by atoms with Gasteiger partial charge in [0.1, 0.15) is 5.75 Å². The fraction of sp³-hybridized carbons (Fsp3) is 0.333. The third-order valence-corrected chi connectivity index (χ3v) is 5.70. The number of amides is 1. The molecular formula is C24H27ClN2O4. The summed E-state index contributed by atoms with van der Waals surface area (Å²) in [4.78, 5) is 28.6. The first-order valence-electron chi connectivity index (χ1n) is 10.2. The number of aryl methyl sites for hydroxylation is 1. The van der Waals surface area contributed by atoms with Gasteiger partial charge in [-0.15, -0.1) is 0 Å². The van der Waals surface area contributed by atoms with Crippen molar-refractivity contribution >= 4 is 29.1 Å². The SMILES string of the molecule is COc1ccc(C([O-])=C2C(=O)C(=O)N(CCC[NH+](C)C)C2c2ccc(Cl)cc2)cc1C. The van der Waals surface area contributed by atoms with Gasteiger partial charge in [-0.3, -0.25) is 9.59 Å². The summed E-state index contributed by atoms with van der Waals surface area (Å²) in [6.07, 6.45) is 0.717. The molecule has 31 heavy (non-hydrogen) atoms. The van der Waals surface area contributed by atoms with Crippen molar-refractivity contribution in [2.45, 2.75) is 19.4 Å². The smallest absolute Gasteiger partial charge is 0.295 e. The van der Waals surface area contributed by atoms with E-state index in [0.29, 0.717) is 34.9 Å². The van der Waals surface area contributed by atoms with Gasteiger partial charge in [0.2, 0.25) is 5.78 Å². The molecule has 0 saturated carbocycles. The van der Waals surface area contributed by atoms with Crippen LogP contribution in [0, 0.1) is 6.92 Å². The summed E-state index contributed by atoms with van der Waals surface area (Å²) in [6, 6.07) is 11.2. The van der Waals surface area contributed by atoms with E-state index < -0.39 is 23.5 Å². The number of carbonyl (C=O) groups is 2. The summed E-state index contributed by atoms with van der Waals surface area (Å²) >= 11 is 6.04. The molecule has 1 aliphatic rings. The van der Waals surface area contributed by atoms with E-state index in [1.54, 1.807) is 49.6 Å². The normalized spacial score (nSPS) is 18.1. The summed E-state index contributed by atoms with van der Waals surface area (Å²) in [7, 11) is 5.61. The fourth-order valence-electron chi connectivity index (χ4n) is 3.87. The fourth-order valence-corrected chi connectivity index (χ4v) is 4.00. The summed E-state index contributed by atoms with van der Waals surface area (Å²) < 4.78 is 5.26. The Hall–Kier alpha value is -2.83. The number of carbonyl (C=O) groups excluding carboxylic acids is 2. The summed E-state index contributed by atoms with van der Waals surface area (Å²) in [5, 5.41) is 14.0. The van der Waals surface area contributed by atoms with Crippen LogP contribution in [0.5, 0.6) is 5.75 Å². The lowest BCUT2D eigenvalue weighted by Gasteiger charge is -2.28. The second-order valence-corrected chi connectivity index (χ2v) is 8.46. The van der Waals surface area contributed by atoms with Crippen molar-refractivity contribution in [2.24, 2.45) is 0 Å². The number of nitrogens with one attached hydrogen (secondary N) is 1. The molecule has 1 N–H and O–H groups in total. The van der Waals surface area contributed by atoms with Crippen LogP contribution in [-0.4, -0.2) is 50.9 Å². The second-order valence-electron chi connectivity index (χ2n) is 8.02. The number of halogens is 1. The highest BCUT2D eigenvalue weighted by Crippen LogP contribution is 2.39. The molecule has 0 aliphatic carbocycles. The number of benzene rings is 2. The van der Waals surface area contributed by atoms with E-state index in [-0.39, 0.29) is 5.57 Å². The zero-order valence-corrected chi connectivity index (χ0v) is 19.0. The number of ketones is 1. The number of Topliss-reactive ketones (excluding diaryl/α,β-unsaturated/α-hetero) is 1. The molecule has 1 atom stereocenters. The zero-order chi connectivity index (χ0) is 22.7. The molecule has 0 radical (unpaired) electrons. The Morgan fingerprint density at radius 3 is 2.42 bits per heavy atom. The van der Waals surface area contributed by atoms with Gasteiger partial charge in [-0.1, -0.05) is 35.6 Å². The molecule has 1 unspecified atom stereocenters. The van der Waals surface area contributed by atoms with Gasteiger partial charge in [-0.05, 0) is 47.9 Å². The number of rotatable bonds is 7. The number of ether oxygens (including phenoxy) is 1. The predicted octanol–water partition coefficient (Wildman–Crippen LogP) is 1.42. The van der Waals surface area contributed by atoms with Gasteiger partial charge < -0.3 is 19.6 Å². The first kappa shape index (κ1) is 22.8. The average Bonchev–Trinajstić information content (AvgIpc) is 2.98. The molecular weight excluding hydrogens is 416 g/mol. The molecule has 0 bridgehead atoms. The number of likely N-dealkylation sites (tertiary alicyclic amines) is 1. The van der Waals surface area contributed by atoms with Crippen LogP contribution in [0.25, 0.3) is 5.76 Å². The Morgan fingerprint density at radius 2 is 1.84 bits per heavy atom. The van der Waals surface area contributed by atoms with Crippen LogP contribution >= 0.6 is 11.6 Å². The van der Waals surface area contributed by atoms with Crippen molar-refractivity contribution in [1.82, 2.24) is 4.90 Å². The molecule has 2 aromatic carbocycles. The van der Waals surface area contributed by atoms with Gasteiger partial charge in [0, 0.05) is 23.6 Å². The molecule has 1 saturated heterocycles. The highest BCUT2D eigenvalue weighted by molar-refractivity contribution is 6.46. The maximum Gasteiger partial charge on any atom is 0.295 e. The van der Waals surface area contributed by atoms with Gasteiger partial charge in [0.25, 0.3) is 5.91 Å². The molecule has 1 aliphatic heterocycles. The third kappa shape index (κ3) is 4.75. The van der Waals surface area contributed by atoms with Crippen molar-refractivity contribution in [2.75, 3.05) is 34.3 Å². The molecule has 164 valence electrons. The molecule has 7 heteroatoms. The van der Waals surface area contributed by atoms with E-state index >= 15 is 0 Å². The monoisotopic (exact) mass is 442 g/mol. The van der Waals surface area contributed by atoms with Crippen molar-refractivity contribution in [1.29, 1.82) is 0 Å². The number of nitrogens with zero attached hydrogens (tertiary/aromatic N) is 1. The van der Waals surface area contributed by atoms with Crippen LogP contribution in [0.4, 0.5) is 0 Å². The predicted molar refractivity (Wildman–Crippen MR) is 118 cm³/mol. The molecule has 0 aromatic heterocycles. The molecule has 0 spiro atoms. The highest BCUT2D eigenvalue weighted by Gasteiger charge is 2.43. The Labute approximate surface area is 187 Å². The molecule has 1 amide bonds. The Balaban J connectivity index is 2.10. The van der Waals surface area contributed by atoms with Crippen molar-refractivity contribution < 1.29 is 24.3 Å². The van der Waals surface area contributed by atoms with Crippen molar-refractivity contribution in [3.05, 3.63) is 69.8 Å². The zero-order valence-electron chi connectivity index (χ0n) is 18.2. The number of methoxy groups -OCH3 is 1. The minimum atomic E-state index is -0.740. The van der Waals surface area contributed by atoms with E-state index in [9.17, 15) is 14.7 Å². The molecule has 2 aromatic rings. The molecule has 1 heterocycles. The quantitative estimate of drug-likeness (QED) is 0.400. The van der Waals surface area contributed by atoms with E-state index in [1.807, 2.05) is 21.0 Å². The summed E-state index contributed by atoms with van der Waals surface area (Å²) in [6.45, 7) is 3.06. The first-order valence-corrected chi connectivity index (χ1v) is 10.6. The van der Waals surface area contributed by atoms with E-state index in [2.05, 4.69) is 0 Å².